The molecule has 2 aliphatic carbocycles. The molecule has 0 amide bonds. The van der Waals surface area contributed by atoms with E-state index in [4.69, 9.17) is 14.5 Å². The van der Waals surface area contributed by atoms with Crippen molar-refractivity contribution in [2.75, 3.05) is 19.8 Å². The van der Waals surface area contributed by atoms with Gasteiger partial charge in [-0.3, -0.25) is 14.5 Å². The summed E-state index contributed by atoms with van der Waals surface area (Å²) in [6.07, 6.45) is 13.0. The van der Waals surface area contributed by atoms with Crippen molar-refractivity contribution in [1.82, 2.24) is 14.5 Å². The van der Waals surface area contributed by atoms with Gasteiger partial charge in [0.1, 0.15) is 5.69 Å². The van der Waals surface area contributed by atoms with Crippen molar-refractivity contribution in [3.63, 3.8) is 0 Å². The van der Waals surface area contributed by atoms with Crippen molar-refractivity contribution in [3.05, 3.63) is 40.3 Å². The number of fused-ring (bicyclic) bond motifs is 5. The number of hydrogen-bond acceptors (Lipinski definition) is 6. The summed E-state index contributed by atoms with van der Waals surface area (Å²) < 4.78 is 13.2. The first-order valence-electron chi connectivity index (χ1n) is 15.1. The van der Waals surface area contributed by atoms with Gasteiger partial charge in [-0.15, -0.1) is 0 Å². The van der Waals surface area contributed by atoms with Crippen LogP contribution in [0.25, 0.3) is 11.0 Å². The van der Waals surface area contributed by atoms with Gasteiger partial charge in [0.25, 0.3) is 5.56 Å². The summed E-state index contributed by atoms with van der Waals surface area (Å²) in [5, 5.41) is 0. The van der Waals surface area contributed by atoms with Crippen LogP contribution in [0.2, 0.25) is 0 Å². The predicted molar refractivity (Wildman–Crippen MR) is 147 cm³/mol. The van der Waals surface area contributed by atoms with Crippen molar-refractivity contribution < 1.29 is 14.3 Å². The zero-order valence-corrected chi connectivity index (χ0v) is 22.9. The van der Waals surface area contributed by atoms with E-state index in [2.05, 4.69) is 4.90 Å². The number of esters is 1. The highest BCUT2D eigenvalue weighted by Gasteiger charge is 2.45. The first-order chi connectivity index (χ1) is 18.6. The van der Waals surface area contributed by atoms with Gasteiger partial charge in [0.15, 0.2) is 0 Å². The smallest absolute Gasteiger partial charge is 0.305 e. The Labute approximate surface area is 225 Å². The number of nitrogens with zero attached hydrogens (tertiary/aromatic N) is 3. The van der Waals surface area contributed by atoms with E-state index in [1.54, 1.807) is 0 Å². The number of aryl methyl sites for hydroxylation is 1. The average Bonchev–Trinajstić information content (AvgIpc) is 3.07. The lowest BCUT2D eigenvalue weighted by Crippen LogP contribution is -2.62. The Morgan fingerprint density at radius 2 is 1.68 bits per heavy atom. The molecule has 6 rings (SSSR count). The minimum absolute atomic E-state index is 0.00804. The zero-order valence-electron chi connectivity index (χ0n) is 22.9. The van der Waals surface area contributed by atoms with Gasteiger partial charge < -0.3 is 14.0 Å². The van der Waals surface area contributed by atoms with Crippen LogP contribution in [-0.2, 0) is 20.7 Å². The number of rotatable bonds is 7. The first kappa shape index (κ1) is 26.0. The Balaban J connectivity index is 1.25. The molecule has 7 nitrogen and oxygen atoms in total. The van der Waals surface area contributed by atoms with Crippen molar-refractivity contribution in [1.29, 1.82) is 0 Å². The van der Waals surface area contributed by atoms with Crippen LogP contribution in [0, 0.1) is 11.8 Å². The van der Waals surface area contributed by atoms with Crippen LogP contribution in [0.1, 0.15) is 89.3 Å². The SMILES string of the molecule is CCOC(=O)CCCc1nc2ccccc2n(C2C[C@H]3COC[C@H](C2)N3[C@@H]2CC3CCCC[C@H](C3)C2)c1=O. The van der Waals surface area contributed by atoms with E-state index in [1.165, 1.54) is 44.9 Å². The van der Waals surface area contributed by atoms with Crippen molar-refractivity contribution in [3.8, 4) is 0 Å². The molecule has 4 fully saturated rings. The number of morpholine rings is 1. The number of aromatic nitrogens is 2. The third-order valence-electron chi connectivity index (χ3n) is 9.65. The van der Waals surface area contributed by atoms with Crippen LogP contribution in [0.15, 0.2) is 29.1 Å². The van der Waals surface area contributed by atoms with E-state index >= 15 is 0 Å². The van der Waals surface area contributed by atoms with E-state index in [-0.39, 0.29) is 17.6 Å². The normalized spacial score (nSPS) is 31.6. The van der Waals surface area contributed by atoms with Crippen LogP contribution >= 0.6 is 0 Å². The molecule has 0 N–H and O–H groups in total. The number of carbonyl (C=O) groups excluding carboxylic acids is 1. The average molecular weight is 522 g/mol. The molecule has 206 valence electrons. The number of benzene rings is 1. The summed E-state index contributed by atoms with van der Waals surface area (Å²) in [6.45, 7) is 3.73. The molecular formula is C31H43N3O4. The molecular weight excluding hydrogens is 478 g/mol. The number of ether oxygens (including phenoxy) is 2. The van der Waals surface area contributed by atoms with Gasteiger partial charge in [0.2, 0.25) is 0 Å². The van der Waals surface area contributed by atoms with Crippen LogP contribution in [0.3, 0.4) is 0 Å². The topological polar surface area (TPSA) is 73.7 Å². The molecule has 38 heavy (non-hydrogen) atoms. The molecule has 0 radical (unpaired) electrons. The Morgan fingerprint density at radius 1 is 0.974 bits per heavy atom. The highest BCUT2D eigenvalue weighted by atomic mass is 16.5. The molecule has 1 unspecified atom stereocenters. The Bertz CT molecular complexity index is 1170. The molecule has 7 heteroatoms. The molecule has 5 atom stereocenters. The maximum Gasteiger partial charge on any atom is 0.305 e. The van der Waals surface area contributed by atoms with E-state index in [9.17, 15) is 9.59 Å². The quantitative estimate of drug-likeness (QED) is 0.475. The molecule has 0 spiro atoms. The van der Waals surface area contributed by atoms with Crippen LogP contribution in [-0.4, -0.2) is 58.4 Å². The van der Waals surface area contributed by atoms with Crippen LogP contribution in [0.4, 0.5) is 0 Å². The number of carbonyl (C=O) groups is 1. The first-order valence-corrected chi connectivity index (χ1v) is 15.1. The monoisotopic (exact) mass is 521 g/mol. The lowest BCUT2D eigenvalue weighted by Gasteiger charge is -2.54. The van der Waals surface area contributed by atoms with E-state index in [0.29, 0.717) is 49.7 Å². The maximum atomic E-state index is 13.9. The van der Waals surface area contributed by atoms with Gasteiger partial charge in [0.05, 0.1) is 30.9 Å². The molecule has 2 saturated carbocycles. The molecule has 2 saturated heterocycles. The van der Waals surface area contributed by atoms with Gasteiger partial charge in [-0.05, 0) is 75.8 Å². The summed E-state index contributed by atoms with van der Waals surface area (Å²) in [5.41, 5.74) is 2.35. The van der Waals surface area contributed by atoms with E-state index in [1.807, 2.05) is 35.8 Å². The summed E-state index contributed by atoms with van der Waals surface area (Å²) >= 11 is 0. The lowest BCUT2D eigenvalue weighted by atomic mass is 9.75. The number of para-hydroxylation sites is 2. The summed E-state index contributed by atoms with van der Waals surface area (Å²) in [4.78, 5) is 33.4. The summed E-state index contributed by atoms with van der Waals surface area (Å²) in [6, 6.07) is 9.57. The highest BCUT2D eigenvalue weighted by molar-refractivity contribution is 5.75. The second-order valence-electron chi connectivity index (χ2n) is 12.2. The fourth-order valence-corrected chi connectivity index (χ4v) is 8.19. The van der Waals surface area contributed by atoms with Crippen molar-refractivity contribution >= 4 is 17.0 Å². The number of piperidine rings is 1. The van der Waals surface area contributed by atoms with Crippen molar-refractivity contribution in [2.24, 2.45) is 11.8 Å². The molecule has 2 aromatic rings. The maximum absolute atomic E-state index is 13.9. The highest BCUT2D eigenvalue weighted by Crippen LogP contribution is 2.44. The molecule has 2 aliphatic heterocycles. The molecule has 1 aromatic carbocycles. The van der Waals surface area contributed by atoms with Gasteiger partial charge >= 0.3 is 5.97 Å². The Kier molecular flexibility index (Phi) is 7.85. The lowest BCUT2D eigenvalue weighted by molar-refractivity contribution is -0.143. The molecule has 4 bridgehead atoms. The minimum atomic E-state index is -0.212. The van der Waals surface area contributed by atoms with Crippen LogP contribution in [0.5, 0.6) is 0 Å². The second-order valence-corrected chi connectivity index (χ2v) is 12.2. The van der Waals surface area contributed by atoms with Gasteiger partial charge in [0, 0.05) is 30.6 Å². The largest absolute Gasteiger partial charge is 0.466 e. The number of hydrogen-bond donors (Lipinski definition) is 0. The second kappa shape index (κ2) is 11.5. The standard InChI is InChI=1S/C31H43N3O4/c1-2-38-30(35)13-7-11-28-31(36)34(29-12-6-5-10-27(29)32-28)24-17-25-19-37-20-26(18-24)33(25)23-15-21-8-3-4-9-22(14-21)16-23/h5-6,10,12,21-26H,2-4,7-9,11,13-20H2,1H3/t21-,22?,23+,25+,26+/m1/s1. The summed E-state index contributed by atoms with van der Waals surface area (Å²) in [5.74, 6) is 1.57. The van der Waals surface area contributed by atoms with Gasteiger partial charge in [-0.25, -0.2) is 4.98 Å². The minimum Gasteiger partial charge on any atom is -0.466 e. The zero-order chi connectivity index (χ0) is 26.1. The fourth-order valence-electron chi connectivity index (χ4n) is 8.19. The predicted octanol–water partition coefficient (Wildman–Crippen LogP) is 5.05. The third-order valence-corrected chi connectivity index (χ3v) is 9.65. The van der Waals surface area contributed by atoms with Gasteiger partial charge in [-0.2, -0.15) is 0 Å². The fraction of sp³-hybridized carbons (Fsp3) is 0.710. The van der Waals surface area contributed by atoms with E-state index in [0.717, 1.165) is 48.9 Å². The third kappa shape index (κ3) is 5.29. The molecule has 4 aliphatic rings. The Morgan fingerprint density at radius 3 is 2.39 bits per heavy atom. The summed E-state index contributed by atoms with van der Waals surface area (Å²) in [7, 11) is 0. The van der Waals surface area contributed by atoms with Crippen LogP contribution < -0.4 is 5.56 Å². The Hall–Kier alpha value is -2.25. The van der Waals surface area contributed by atoms with Crippen molar-refractivity contribution in [2.45, 2.75) is 108 Å². The van der Waals surface area contributed by atoms with E-state index < -0.39 is 0 Å². The molecule has 1 aromatic heterocycles. The molecule has 3 heterocycles. The van der Waals surface area contributed by atoms with Gasteiger partial charge in [-0.1, -0.05) is 37.8 Å².